The molecule has 0 atom stereocenters. The molecule has 0 aliphatic carbocycles. The molecule has 0 spiro atoms. The summed E-state index contributed by atoms with van der Waals surface area (Å²) in [6.07, 6.45) is 0. The number of benzene rings is 2. The Morgan fingerprint density at radius 2 is 1.53 bits per heavy atom. The number of fused-ring (bicyclic) bond motifs is 1. The van der Waals surface area contributed by atoms with Gasteiger partial charge in [-0.1, -0.05) is 41.9 Å². The number of halogens is 4. The van der Waals surface area contributed by atoms with Crippen molar-refractivity contribution < 1.29 is 0 Å². The maximum Gasteiger partial charge on any atom is 0.375 e. The van der Waals surface area contributed by atoms with Crippen LogP contribution in [0.2, 0.25) is 5.02 Å². The van der Waals surface area contributed by atoms with Gasteiger partial charge in [0.1, 0.15) is 0 Å². The summed E-state index contributed by atoms with van der Waals surface area (Å²) < 4.78 is 0. The van der Waals surface area contributed by atoms with Gasteiger partial charge in [-0.15, -0.1) is 33.2 Å². The highest BCUT2D eigenvalue weighted by atomic mass is 35.8. The van der Waals surface area contributed by atoms with E-state index in [4.69, 9.17) is 44.8 Å². The van der Waals surface area contributed by atoms with Crippen molar-refractivity contribution in [2.45, 2.75) is 0 Å². The van der Waals surface area contributed by atoms with E-state index in [1.807, 2.05) is 30.3 Å². The molecule has 15 heavy (non-hydrogen) atoms. The molecule has 0 amide bonds. The minimum atomic E-state index is -2.96. The van der Waals surface area contributed by atoms with Crippen LogP contribution < -0.4 is 5.19 Å². The first-order valence-electron chi connectivity index (χ1n) is 4.24. The molecular formula is C10H6Cl4Si. The highest BCUT2D eigenvalue weighted by Crippen LogP contribution is 2.28. The summed E-state index contributed by atoms with van der Waals surface area (Å²) in [6, 6.07) is 8.49. The Kier molecular flexibility index (Phi) is 3.20. The average molecular weight is 296 g/mol. The fourth-order valence-electron chi connectivity index (χ4n) is 1.53. The van der Waals surface area contributed by atoms with E-state index in [1.165, 1.54) is 0 Å². The van der Waals surface area contributed by atoms with Crippen molar-refractivity contribution in [3.63, 3.8) is 0 Å². The van der Waals surface area contributed by atoms with Crippen LogP contribution in [0.25, 0.3) is 10.8 Å². The van der Waals surface area contributed by atoms with Crippen LogP contribution in [-0.4, -0.2) is 6.00 Å². The molecule has 2 aromatic carbocycles. The molecule has 0 saturated carbocycles. The molecule has 78 valence electrons. The maximum atomic E-state index is 6.07. The first kappa shape index (κ1) is 11.6. The first-order chi connectivity index (χ1) is 7.00. The lowest BCUT2D eigenvalue weighted by atomic mass is 10.1. The Hall–Kier alpha value is 0.0769. The van der Waals surface area contributed by atoms with E-state index in [-0.39, 0.29) is 0 Å². The second-order valence-corrected chi connectivity index (χ2v) is 11.9. The molecule has 0 N–H and O–H groups in total. The molecule has 0 heterocycles. The van der Waals surface area contributed by atoms with Gasteiger partial charge in [0.05, 0.1) is 0 Å². The Bertz CT molecular complexity index is 504. The second-order valence-electron chi connectivity index (χ2n) is 3.14. The van der Waals surface area contributed by atoms with E-state index in [1.54, 1.807) is 6.07 Å². The standard InChI is InChI=1S/C10H6Cl4Si/c11-9-6-5-7-3-1-2-4-8(7)10(9)15(12,13)14/h1-6H. The van der Waals surface area contributed by atoms with Crippen molar-refractivity contribution in [2.24, 2.45) is 0 Å². The zero-order valence-electron chi connectivity index (χ0n) is 7.48. The van der Waals surface area contributed by atoms with Crippen LogP contribution in [0.5, 0.6) is 0 Å². The van der Waals surface area contributed by atoms with Crippen LogP contribution in [0.4, 0.5) is 0 Å². The summed E-state index contributed by atoms with van der Waals surface area (Å²) in [6.45, 7) is 0. The van der Waals surface area contributed by atoms with Crippen molar-refractivity contribution in [3.05, 3.63) is 41.4 Å². The molecule has 2 aromatic rings. The zero-order valence-corrected chi connectivity index (χ0v) is 11.5. The molecule has 0 aromatic heterocycles. The molecule has 0 fully saturated rings. The van der Waals surface area contributed by atoms with Gasteiger partial charge in [0, 0.05) is 10.2 Å². The van der Waals surface area contributed by atoms with Gasteiger partial charge in [0.2, 0.25) is 0 Å². The van der Waals surface area contributed by atoms with E-state index in [0.717, 1.165) is 10.8 Å². The molecule has 0 nitrogen and oxygen atoms in total. The number of hydrogen-bond acceptors (Lipinski definition) is 0. The smallest absolute Gasteiger partial charge is 0.121 e. The van der Waals surface area contributed by atoms with E-state index in [0.29, 0.717) is 10.2 Å². The third-order valence-electron chi connectivity index (χ3n) is 2.16. The van der Waals surface area contributed by atoms with Crippen LogP contribution >= 0.6 is 44.8 Å². The van der Waals surface area contributed by atoms with Crippen LogP contribution in [0.15, 0.2) is 36.4 Å². The quantitative estimate of drug-likeness (QED) is 0.542. The van der Waals surface area contributed by atoms with Crippen LogP contribution in [0.1, 0.15) is 0 Å². The van der Waals surface area contributed by atoms with E-state index in [9.17, 15) is 0 Å². The lowest BCUT2D eigenvalue weighted by Crippen LogP contribution is -2.31. The van der Waals surface area contributed by atoms with Gasteiger partial charge in [-0.2, -0.15) is 0 Å². The predicted molar refractivity (Wildman–Crippen MR) is 71.9 cm³/mol. The van der Waals surface area contributed by atoms with E-state index >= 15 is 0 Å². The van der Waals surface area contributed by atoms with Gasteiger partial charge in [0.15, 0.2) is 0 Å². The Balaban J connectivity index is 2.86. The van der Waals surface area contributed by atoms with Gasteiger partial charge in [-0.3, -0.25) is 0 Å². The molecule has 0 saturated heterocycles. The number of hydrogen-bond donors (Lipinski definition) is 0. The van der Waals surface area contributed by atoms with Crippen molar-refractivity contribution in [1.29, 1.82) is 0 Å². The highest BCUT2D eigenvalue weighted by molar-refractivity contribution is 7.70. The van der Waals surface area contributed by atoms with Crippen molar-refractivity contribution in [2.75, 3.05) is 0 Å². The summed E-state index contributed by atoms with van der Waals surface area (Å²) in [4.78, 5) is 0. The molecule has 0 bridgehead atoms. The minimum Gasteiger partial charge on any atom is -0.121 e. The third-order valence-corrected chi connectivity index (χ3v) is 5.44. The molecule has 2 rings (SSSR count). The summed E-state index contributed by atoms with van der Waals surface area (Å²) in [7, 11) is 0. The lowest BCUT2D eigenvalue weighted by molar-refractivity contribution is 1.78. The lowest BCUT2D eigenvalue weighted by Gasteiger charge is -2.13. The Morgan fingerprint density at radius 3 is 2.20 bits per heavy atom. The molecule has 0 radical (unpaired) electrons. The van der Waals surface area contributed by atoms with Crippen molar-refractivity contribution >= 4 is 66.8 Å². The highest BCUT2D eigenvalue weighted by Gasteiger charge is 2.32. The minimum absolute atomic E-state index is 0.528. The van der Waals surface area contributed by atoms with Gasteiger partial charge >= 0.3 is 6.00 Å². The zero-order chi connectivity index (χ0) is 11.1. The van der Waals surface area contributed by atoms with Gasteiger partial charge in [-0.25, -0.2) is 0 Å². The topological polar surface area (TPSA) is 0 Å². The van der Waals surface area contributed by atoms with Gasteiger partial charge in [-0.05, 0) is 16.8 Å². The molecule has 0 unspecified atom stereocenters. The summed E-state index contributed by atoms with van der Waals surface area (Å²) in [5.41, 5.74) is 0. The molecule has 0 aliphatic rings. The molecular weight excluding hydrogens is 290 g/mol. The van der Waals surface area contributed by atoms with Crippen molar-refractivity contribution in [3.8, 4) is 0 Å². The van der Waals surface area contributed by atoms with Crippen molar-refractivity contribution in [1.82, 2.24) is 0 Å². The largest absolute Gasteiger partial charge is 0.375 e. The van der Waals surface area contributed by atoms with Gasteiger partial charge in [0.25, 0.3) is 0 Å². The molecule has 5 heteroatoms. The Labute approximate surface area is 108 Å². The summed E-state index contributed by atoms with van der Waals surface area (Å²) in [5, 5.41) is 3.17. The SMILES string of the molecule is Clc1ccc2ccccc2c1[Si](Cl)(Cl)Cl. The van der Waals surface area contributed by atoms with Crippen LogP contribution in [-0.2, 0) is 0 Å². The maximum absolute atomic E-state index is 6.07. The molecule has 0 aliphatic heterocycles. The third kappa shape index (κ3) is 2.27. The fourth-order valence-corrected chi connectivity index (χ4v) is 5.28. The number of rotatable bonds is 1. The van der Waals surface area contributed by atoms with Crippen LogP contribution in [0, 0.1) is 0 Å². The first-order valence-corrected chi connectivity index (χ1v) is 9.66. The monoisotopic (exact) mass is 294 g/mol. The summed E-state index contributed by atoms with van der Waals surface area (Å²) >= 11 is 24.2. The second kappa shape index (κ2) is 4.15. The summed E-state index contributed by atoms with van der Waals surface area (Å²) in [5.74, 6) is 0. The normalized spacial score (nSPS) is 12.0. The fraction of sp³-hybridized carbons (Fsp3) is 0. The predicted octanol–water partition coefficient (Wildman–Crippen LogP) is 4.36. The van der Waals surface area contributed by atoms with E-state index in [2.05, 4.69) is 0 Å². The average Bonchev–Trinajstić information content (AvgIpc) is 2.15. The van der Waals surface area contributed by atoms with E-state index < -0.39 is 6.00 Å². The van der Waals surface area contributed by atoms with Crippen LogP contribution in [0.3, 0.4) is 0 Å². The van der Waals surface area contributed by atoms with Gasteiger partial charge < -0.3 is 0 Å². The Morgan fingerprint density at radius 1 is 0.867 bits per heavy atom.